The highest BCUT2D eigenvalue weighted by Gasteiger charge is 2.31. The molecule has 7 nitrogen and oxygen atoms in total. The highest BCUT2D eigenvalue weighted by molar-refractivity contribution is 7.99. The number of amides is 1. The number of carbonyl (C=O) groups excluding carboxylic acids is 2. The first-order chi connectivity index (χ1) is 14.6. The van der Waals surface area contributed by atoms with Crippen molar-refractivity contribution in [3.05, 3.63) is 59.9 Å². The maximum absolute atomic E-state index is 14.2. The maximum Gasteiger partial charge on any atom is 0.337 e. The Morgan fingerprint density at radius 3 is 2.73 bits per heavy atom. The van der Waals surface area contributed by atoms with Gasteiger partial charge in [0.05, 0.1) is 24.0 Å². The zero-order chi connectivity index (χ0) is 21.1. The summed E-state index contributed by atoms with van der Waals surface area (Å²) in [5, 5.41) is 11.7. The molecule has 4 rings (SSSR count). The number of esters is 1. The quantitative estimate of drug-likeness (QED) is 0.455. The van der Waals surface area contributed by atoms with E-state index in [1.807, 2.05) is 4.57 Å². The molecule has 2 aromatic carbocycles. The molecule has 0 bridgehead atoms. The predicted molar refractivity (Wildman–Crippen MR) is 111 cm³/mol. The summed E-state index contributed by atoms with van der Waals surface area (Å²) < 4.78 is 20.8. The van der Waals surface area contributed by atoms with Crippen molar-refractivity contribution in [1.82, 2.24) is 14.8 Å². The van der Waals surface area contributed by atoms with E-state index in [-0.39, 0.29) is 23.5 Å². The van der Waals surface area contributed by atoms with Gasteiger partial charge in [-0.25, -0.2) is 9.18 Å². The van der Waals surface area contributed by atoms with E-state index in [1.165, 1.54) is 24.9 Å². The van der Waals surface area contributed by atoms with Crippen LogP contribution in [-0.2, 0) is 9.53 Å². The van der Waals surface area contributed by atoms with Crippen LogP contribution in [0.2, 0.25) is 0 Å². The van der Waals surface area contributed by atoms with Crippen LogP contribution < -0.4 is 5.32 Å². The molecule has 1 amide bonds. The number of rotatable bonds is 7. The molecule has 1 aromatic heterocycles. The van der Waals surface area contributed by atoms with Crippen molar-refractivity contribution in [1.29, 1.82) is 0 Å². The van der Waals surface area contributed by atoms with Crippen LogP contribution in [0, 0.1) is 5.82 Å². The number of aromatic nitrogens is 3. The number of anilines is 1. The van der Waals surface area contributed by atoms with Crippen LogP contribution in [0.15, 0.2) is 53.7 Å². The number of hydrogen-bond donors (Lipinski definition) is 1. The molecular weight excluding hydrogens is 407 g/mol. The summed E-state index contributed by atoms with van der Waals surface area (Å²) >= 11 is 1.24. The Hall–Kier alpha value is -3.20. The lowest BCUT2D eigenvalue weighted by Gasteiger charge is -2.10. The minimum Gasteiger partial charge on any atom is -0.465 e. The Bertz CT molecular complexity index is 1100. The molecule has 1 saturated carbocycles. The summed E-state index contributed by atoms with van der Waals surface area (Å²) in [7, 11) is 1.30. The first-order valence-corrected chi connectivity index (χ1v) is 10.4. The summed E-state index contributed by atoms with van der Waals surface area (Å²) in [6.07, 6.45) is 1.94. The van der Waals surface area contributed by atoms with Crippen LogP contribution in [0.5, 0.6) is 0 Å². The fourth-order valence-electron chi connectivity index (χ4n) is 3.03. The standard InChI is InChI=1S/C21H19FN4O3S/c1-29-20(28)13-5-4-6-14(11-13)23-18(27)12-30-21-25-24-19(26(21)15-9-10-15)16-7-2-3-8-17(16)22/h2-8,11,15H,9-10,12H2,1H3,(H,23,27). The first kappa shape index (κ1) is 20.1. The summed E-state index contributed by atoms with van der Waals surface area (Å²) in [5.41, 5.74) is 1.25. The molecule has 154 valence electrons. The van der Waals surface area contributed by atoms with Gasteiger partial charge in [-0.05, 0) is 43.2 Å². The number of thioether (sulfide) groups is 1. The van der Waals surface area contributed by atoms with E-state index < -0.39 is 5.97 Å². The third kappa shape index (κ3) is 4.35. The van der Waals surface area contributed by atoms with Crippen molar-refractivity contribution in [2.45, 2.75) is 24.0 Å². The Morgan fingerprint density at radius 1 is 1.20 bits per heavy atom. The van der Waals surface area contributed by atoms with Crippen LogP contribution in [0.4, 0.5) is 10.1 Å². The Kier molecular flexibility index (Phi) is 5.80. The van der Waals surface area contributed by atoms with E-state index in [1.54, 1.807) is 42.5 Å². The third-order valence-electron chi connectivity index (χ3n) is 4.59. The minimum atomic E-state index is -0.473. The third-order valence-corrected chi connectivity index (χ3v) is 5.53. The van der Waals surface area contributed by atoms with Gasteiger partial charge in [-0.1, -0.05) is 30.0 Å². The number of hydrogen-bond acceptors (Lipinski definition) is 6. The number of methoxy groups -OCH3 is 1. The van der Waals surface area contributed by atoms with Gasteiger partial charge in [0.1, 0.15) is 5.82 Å². The van der Waals surface area contributed by atoms with Crippen molar-refractivity contribution < 1.29 is 18.7 Å². The van der Waals surface area contributed by atoms with Gasteiger partial charge < -0.3 is 10.1 Å². The van der Waals surface area contributed by atoms with E-state index in [9.17, 15) is 14.0 Å². The van der Waals surface area contributed by atoms with Crippen molar-refractivity contribution in [3.8, 4) is 11.4 Å². The van der Waals surface area contributed by atoms with Crippen LogP contribution in [-0.4, -0.2) is 39.5 Å². The molecule has 0 spiro atoms. The van der Waals surface area contributed by atoms with E-state index in [4.69, 9.17) is 0 Å². The van der Waals surface area contributed by atoms with Gasteiger partial charge in [0.2, 0.25) is 5.91 Å². The normalized spacial score (nSPS) is 13.1. The molecule has 0 aliphatic heterocycles. The molecule has 0 radical (unpaired) electrons. The van der Waals surface area contributed by atoms with Crippen LogP contribution >= 0.6 is 11.8 Å². The number of benzene rings is 2. The molecule has 1 heterocycles. The second kappa shape index (κ2) is 8.66. The van der Waals surface area contributed by atoms with Crippen LogP contribution in [0.3, 0.4) is 0 Å². The molecule has 3 aromatic rings. The van der Waals surface area contributed by atoms with Gasteiger partial charge in [-0.3, -0.25) is 9.36 Å². The molecule has 0 atom stereocenters. The van der Waals surface area contributed by atoms with Crippen molar-refractivity contribution >= 4 is 29.3 Å². The molecular formula is C21H19FN4O3S. The maximum atomic E-state index is 14.2. The monoisotopic (exact) mass is 426 g/mol. The number of halogens is 1. The number of nitrogens with zero attached hydrogens (tertiary/aromatic N) is 3. The summed E-state index contributed by atoms with van der Waals surface area (Å²) in [6, 6.07) is 13.2. The van der Waals surface area contributed by atoms with Crippen molar-refractivity contribution in [3.63, 3.8) is 0 Å². The van der Waals surface area contributed by atoms with Crippen molar-refractivity contribution in [2.24, 2.45) is 0 Å². The number of nitrogens with one attached hydrogen (secondary N) is 1. The fraction of sp³-hybridized carbons (Fsp3) is 0.238. The fourth-order valence-corrected chi connectivity index (χ4v) is 3.84. The van der Waals surface area contributed by atoms with E-state index in [0.29, 0.717) is 27.8 Å². The zero-order valence-electron chi connectivity index (χ0n) is 16.2. The molecule has 1 N–H and O–H groups in total. The van der Waals surface area contributed by atoms with Crippen molar-refractivity contribution in [2.75, 3.05) is 18.2 Å². The average molecular weight is 426 g/mol. The zero-order valence-corrected chi connectivity index (χ0v) is 17.0. The van der Waals surface area contributed by atoms with Gasteiger partial charge in [-0.2, -0.15) is 0 Å². The van der Waals surface area contributed by atoms with Gasteiger partial charge in [0.15, 0.2) is 11.0 Å². The Balaban J connectivity index is 1.46. The van der Waals surface area contributed by atoms with E-state index >= 15 is 0 Å². The molecule has 1 fully saturated rings. The second-order valence-electron chi connectivity index (χ2n) is 6.80. The SMILES string of the molecule is COC(=O)c1cccc(NC(=O)CSc2nnc(-c3ccccc3F)n2C2CC2)c1. The van der Waals surface area contributed by atoms with Gasteiger partial charge in [0.25, 0.3) is 0 Å². The first-order valence-electron chi connectivity index (χ1n) is 9.37. The largest absolute Gasteiger partial charge is 0.465 e. The topological polar surface area (TPSA) is 86.1 Å². The van der Waals surface area contributed by atoms with Gasteiger partial charge in [0, 0.05) is 11.7 Å². The number of ether oxygens (including phenoxy) is 1. The molecule has 9 heteroatoms. The van der Waals surface area contributed by atoms with Gasteiger partial charge >= 0.3 is 5.97 Å². The summed E-state index contributed by atoms with van der Waals surface area (Å²) in [6.45, 7) is 0. The van der Waals surface area contributed by atoms with Gasteiger partial charge in [-0.15, -0.1) is 10.2 Å². The van der Waals surface area contributed by atoms with E-state index in [0.717, 1.165) is 12.8 Å². The predicted octanol–water partition coefficient (Wildman–Crippen LogP) is 3.94. The summed E-state index contributed by atoms with van der Waals surface area (Å²) in [4.78, 5) is 24.0. The lowest BCUT2D eigenvalue weighted by Crippen LogP contribution is -2.15. The Morgan fingerprint density at radius 2 is 2.00 bits per heavy atom. The highest BCUT2D eigenvalue weighted by atomic mass is 32.2. The lowest BCUT2D eigenvalue weighted by molar-refractivity contribution is -0.113. The van der Waals surface area contributed by atoms with Crippen LogP contribution in [0.25, 0.3) is 11.4 Å². The van der Waals surface area contributed by atoms with E-state index in [2.05, 4.69) is 20.3 Å². The highest BCUT2D eigenvalue weighted by Crippen LogP contribution is 2.41. The average Bonchev–Trinajstić information content (AvgIpc) is 3.51. The Labute approximate surface area is 176 Å². The number of carbonyl (C=O) groups is 2. The van der Waals surface area contributed by atoms with Crippen LogP contribution in [0.1, 0.15) is 29.2 Å². The molecule has 0 saturated heterocycles. The molecule has 30 heavy (non-hydrogen) atoms. The molecule has 1 aliphatic carbocycles. The summed E-state index contributed by atoms with van der Waals surface area (Å²) in [5.74, 6) is -0.501. The molecule has 0 unspecified atom stereocenters. The molecule has 1 aliphatic rings. The second-order valence-corrected chi connectivity index (χ2v) is 7.74. The smallest absolute Gasteiger partial charge is 0.337 e. The minimum absolute atomic E-state index is 0.102. The lowest BCUT2D eigenvalue weighted by atomic mass is 10.2.